The number of amides is 1. The molecule has 0 unspecified atom stereocenters. The summed E-state index contributed by atoms with van der Waals surface area (Å²) in [6, 6.07) is 6.74. The zero-order valence-electron chi connectivity index (χ0n) is 11.3. The number of benzene rings is 1. The van der Waals surface area contributed by atoms with Gasteiger partial charge in [-0.15, -0.1) is 0 Å². The predicted octanol–water partition coefficient (Wildman–Crippen LogP) is 2.74. The Labute approximate surface area is 113 Å². The second-order valence-electron chi connectivity index (χ2n) is 4.98. The average Bonchev–Trinajstić information content (AvgIpc) is 3.22. The number of methoxy groups -OCH3 is 1. The van der Waals surface area contributed by atoms with Crippen LogP contribution in [0.2, 0.25) is 0 Å². The molecule has 19 heavy (non-hydrogen) atoms. The Kier molecular flexibility index (Phi) is 4.91. The summed E-state index contributed by atoms with van der Waals surface area (Å²) in [7, 11) is 1.64. The molecule has 1 aromatic carbocycles. The molecule has 0 saturated heterocycles. The van der Waals surface area contributed by atoms with Crippen molar-refractivity contribution in [2.45, 2.75) is 38.3 Å². The Hall–Kier alpha value is -1.42. The molecule has 0 atom stereocenters. The molecule has 104 valence electrons. The summed E-state index contributed by atoms with van der Waals surface area (Å²) in [6.45, 7) is 1.19. The van der Waals surface area contributed by atoms with Gasteiger partial charge < -0.3 is 9.64 Å². The maximum Gasteiger partial charge on any atom is 0.223 e. The van der Waals surface area contributed by atoms with E-state index in [1.165, 1.54) is 12.1 Å². The van der Waals surface area contributed by atoms with Crippen LogP contribution in [-0.2, 0) is 16.1 Å². The van der Waals surface area contributed by atoms with Crippen LogP contribution in [0.25, 0.3) is 0 Å². The first-order valence-corrected chi connectivity index (χ1v) is 6.73. The predicted molar refractivity (Wildman–Crippen MR) is 71.1 cm³/mol. The van der Waals surface area contributed by atoms with Gasteiger partial charge in [0.15, 0.2) is 0 Å². The van der Waals surface area contributed by atoms with Gasteiger partial charge in [-0.25, -0.2) is 4.39 Å². The first-order valence-electron chi connectivity index (χ1n) is 6.73. The number of ether oxygens (including phenoxy) is 1. The molecule has 2 rings (SSSR count). The van der Waals surface area contributed by atoms with E-state index in [1.807, 2.05) is 4.90 Å². The third-order valence-electron chi connectivity index (χ3n) is 3.31. The highest BCUT2D eigenvalue weighted by molar-refractivity contribution is 5.76. The first kappa shape index (κ1) is 14.0. The molecule has 4 heteroatoms. The van der Waals surface area contributed by atoms with E-state index < -0.39 is 0 Å². The molecule has 0 heterocycles. The van der Waals surface area contributed by atoms with Crippen molar-refractivity contribution in [2.75, 3.05) is 13.7 Å². The van der Waals surface area contributed by atoms with Gasteiger partial charge in [-0.3, -0.25) is 4.79 Å². The van der Waals surface area contributed by atoms with Gasteiger partial charge in [-0.2, -0.15) is 0 Å². The molecule has 0 N–H and O–H groups in total. The Morgan fingerprint density at radius 1 is 1.37 bits per heavy atom. The van der Waals surface area contributed by atoms with Crippen LogP contribution in [0.5, 0.6) is 0 Å². The van der Waals surface area contributed by atoms with Gasteiger partial charge in [0.2, 0.25) is 5.91 Å². The standard InChI is InChI=1S/C15H20FNO2/c1-19-10-2-3-15(18)17(14-8-9-14)11-12-4-6-13(16)7-5-12/h4-7,14H,2-3,8-11H2,1H3. The van der Waals surface area contributed by atoms with E-state index in [0.29, 0.717) is 25.6 Å². The number of hydrogen-bond donors (Lipinski definition) is 0. The van der Waals surface area contributed by atoms with Crippen LogP contribution in [-0.4, -0.2) is 30.6 Å². The maximum absolute atomic E-state index is 12.9. The lowest BCUT2D eigenvalue weighted by molar-refractivity contribution is -0.132. The molecule has 0 spiro atoms. The van der Waals surface area contributed by atoms with Crippen LogP contribution in [0.3, 0.4) is 0 Å². The number of hydrogen-bond acceptors (Lipinski definition) is 2. The molecule has 1 fully saturated rings. The lowest BCUT2D eigenvalue weighted by Crippen LogP contribution is -2.32. The summed E-state index contributed by atoms with van der Waals surface area (Å²) in [5.74, 6) is -0.0722. The normalized spacial score (nSPS) is 14.4. The van der Waals surface area contributed by atoms with Gasteiger partial charge in [-0.1, -0.05) is 12.1 Å². The zero-order valence-corrected chi connectivity index (χ0v) is 11.3. The van der Waals surface area contributed by atoms with Crippen LogP contribution in [0.4, 0.5) is 4.39 Å². The highest BCUT2D eigenvalue weighted by Gasteiger charge is 2.32. The van der Waals surface area contributed by atoms with Crippen LogP contribution < -0.4 is 0 Å². The molecule has 3 nitrogen and oxygen atoms in total. The Bertz CT molecular complexity index is 415. The molecule has 0 bridgehead atoms. The van der Waals surface area contributed by atoms with Gasteiger partial charge in [0.1, 0.15) is 5.82 Å². The fraction of sp³-hybridized carbons (Fsp3) is 0.533. The molecular weight excluding hydrogens is 245 g/mol. The molecule has 0 radical (unpaired) electrons. The zero-order chi connectivity index (χ0) is 13.7. The van der Waals surface area contributed by atoms with Crippen molar-refractivity contribution in [2.24, 2.45) is 0 Å². The van der Waals surface area contributed by atoms with Gasteiger partial charge in [0, 0.05) is 32.7 Å². The van der Waals surface area contributed by atoms with Gasteiger partial charge >= 0.3 is 0 Å². The largest absolute Gasteiger partial charge is 0.385 e. The SMILES string of the molecule is COCCCC(=O)N(Cc1ccc(F)cc1)C1CC1. The molecule has 1 amide bonds. The summed E-state index contributed by atoms with van der Waals surface area (Å²) < 4.78 is 17.8. The number of rotatable bonds is 7. The quantitative estimate of drug-likeness (QED) is 0.709. The molecule has 1 saturated carbocycles. The van der Waals surface area contributed by atoms with E-state index in [0.717, 1.165) is 24.8 Å². The summed E-state index contributed by atoms with van der Waals surface area (Å²) in [5.41, 5.74) is 0.980. The van der Waals surface area contributed by atoms with E-state index in [4.69, 9.17) is 4.74 Å². The van der Waals surface area contributed by atoms with E-state index in [-0.39, 0.29) is 11.7 Å². The van der Waals surface area contributed by atoms with Crippen molar-refractivity contribution >= 4 is 5.91 Å². The van der Waals surface area contributed by atoms with E-state index in [1.54, 1.807) is 19.2 Å². The highest BCUT2D eigenvalue weighted by atomic mass is 19.1. The fourth-order valence-electron chi connectivity index (χ4n) is 2.10. The number of nitrogens with zero attached hydrogens (tertiary/aromatic N) is 1. The van der Waals surface area contributed by atoms with Crippen LogP contribution in [0, 0.1) is 5.82 Å². The summed E-state index contributed by atoms with van der Waals surface area (Å²) >= 11 is 0. The van der Waals surface area contributed by atoms with Crippen molar-refractivity contribution < 1.29 is 13.9 Å². The second-order valence-corrected chi connectivity index (χ2v) is 4.98. The van der Waals surface area contributed by atoms with Crippen LogP contribution in [0.1, 0.15) is 31.2 Å². The minimum absolute atomic E-state index is 0.170. The average molecular weight is 265 g/mol. The lowest BCUT2D eigenvalue weighted by Gasteiger charge is -2.22. The van der Waals surface area contributed by atoms with Gasteiger partial charge in [0.25, 0.3) is 0 Å². The summed E-state index contributed by atoms with van der Waals surface area (Å²) in [5, 5.41) is 0. The van der Waals surface area contributed by atoms with Crippen LogP contribution >= 0.6 is 0 Å². The fourth-order valence-corrected chi connectivity index (χ4v) is 2.10. The number of halogens is 1. The summed E-state index contributed by atoms with van der Waals surface area (Å²) in [4.78, 5) is 14.1. The van der Waals surface area contributed by atoms with Crippen molar-refractivity contribution in [3.63, 3.8) is 0 Å². The third-order valence-corrected chi connectivity index (χ3v) is 3.31. The Morgan fingerprint density at radius 3 is 2.63 bits per heavy atom. The third kappa shape index (κ3) is 4.31. The van der Waals surface area contributed by atoms with Crippen LogP contribution in [0.15, 0.2) is 24.3 Å². The van der Waals surface area contributed by atoms with Crippen molar-refractivity contribution in [3.8, 4) is 0 Å². The molecule has 1 aliphatic rings. The first-order chi connectivity index (χ1) is 9.20. The molecule has 1 aliphatic carbocycles. The minimum atomic E-state index is -0.242. The molecular formula is C15H20FNO2. The van der Waals surface area contributed by atoms with Crippen molar-refractivity contribution in [1.82, 2.24) is 4.90 Å². The highest BCUT2D eigenvalue weighted by Crippen LogP contribution is 2.29. The number of carbonyl (C=O) groups excluding carboxylic acids is 1. The van der Waals surface area contributed by atoms with Crippen molar-refractivity contribution in [1.29, 1.82) is 0 Å². The molecule has 1 aromatic rings. The lowest BCUT2D eigenvalue weighted by atomic mass is 10.2. The van der Waals surface area contributed by atoms with E-state index >= 15 is 0 Å². The monoisotopic (exact) mass is 265 g/mol. The smallest absolute Gasteiger partial charge is 0.223 e. The summed E-state index contributed by atoms with van der Waals surface area (Å²) in [6.07, 6.45) is 3.43. The molecule has 0 aliphatic heterocycles. The van der Waals surface area contributed by atoms with E-state index in [2.05, 4.69) is 0 Å². The van der Waals surface area contributed by atoms with Gasteiger partial charge in [-0.05, 0) is 37.0 Å². The number of carbonyl (C=O) groups is 1. The van der Waals surface area contributed by atoms with Gasteiger partial charge in [0.05, 0.1) is 0 Å². The minimum Gasteiger partial charge on any atom is -0.385 e. The Morgan fingerprint density at radius 2 is 2.05 bits per heavy atom. The van der Waals surface area contributed by atoms with E-state index in [9.17, 15) is 9.18 Å². The maximum atomic E-state index is 12.9. The topological polar surface area (TPSA) is 29.5 Å². The Balaban J connectivity index is 1.92. The second kappa shape index (κ2) is 6.66. The molecule has 0 aromatic heterocycles. The van der Waals surface area contributed by atoms with Crippen molar-refractivity contribution in [3.05, 3.63) is 35.6 Å².